The summed E-state index contributed by atoms with van der Waals surface area (Å²) in [6.07, 6.45) is 8.62. The summed E-state index contributed by atoms with van der Waals surface area (Å²) in [7, 11) is 0. The molecule has 114 valence electrons. The first-order valence-corrected chi connectivity index (χ1v) is 7.42. The van der Waals surface area contributed by atoms with E-state index in [1.165, 1.54) is 0 Å². The van der Waals surface area contributed by atoms with Crippen molar-refractivity contribution in [3.05, 3.63) is 70.8 Å². The van der Waals surface area contributed by atoms with Crippen molar-refractivity contribution >= 4 is 11.8 Å². The number of hydrogen-bond acceptors (Lipinski definition) is 3. The lowest BCUT2D eigenvalue weighted by Crippen LogP contribution is -2.21. The van der Waals surface area contributed by atoms with E-state index < -0.39 is 5.97 Å². The summed E-state index contributed by atoms with van der Waals surface area (Å²) < 4.78 is 4.94. The van der Waals surface area contributed by atoms with Crippen LogP contribution in [0.25, 0.3) is 0 Å². The number of rotatable bonds is 1. The summed E-state index contributed by atoms with van der Waals surface area (Å²) >= 11 is 0. The fourth-order valence-corrected chi connectivity index (χ4v) is 2.70. The van der Waals surface area contributed by atoms with Crippen LogP contribution >= 0.6 is 0 Å². The molecule has 0 fully saturated rings. The Morgan fingerprint density at radius 2 is 1.91 bits per heavy atom. The van der Waals surface area contributed by atoms with Gasteiger partial charge in [0.25, 0.3) is 0 Å². The Labute approximate surface area is 135 Å². The molecule has 23 heavy (non-hydrogen) atoms. The lowest BCUT2D eigenvalue weighted by molar-refractivity contribution is -0.116. The van der Waals surface area contributed by atoms with Crippen LogP contribution < -0.4 is 0 Å². The normalized spacial score (nSPS) is 18.0. The molecule has 0 spiro atoms. The molecular formula is C20H16O3. The maximum atomic E-state index is 12.1. The fraction of sp³-hybridized carbons (Fsp3) is 0.200. The van der Waals surface area contributed by atoms with E-state index in [1.807, 2.05) is 26.0 Å². The van der Waals surface area contributed by atoms with Gasteiger partial charge in [-0.05, 0) is 41.2 Å². The highest BCUT2D eigenvalue weighted by Gasteiger charge is 2.31. The Kier molecular flexibility index (Phi) is 3.75. The molecule has 0 bridgehead atoms. The Balaban J connectivity index is 1.74. The number of allylic oxidation sites excluding steroid dienone is 6. The first kappa shape index (κ1) is 15.1. The van der Waals surface area contributed by atoms with Crippen molar-refractivity contribution in [1.82, 2.24) is 0 Å². The van der Waals surface area contributed by atoms with Crippen LogP contribution in [0.15, 0.2) is 65.3 Å². The van der Waals surface area contributed by atoms with Crippen LogP contribution in [0.2, 0.25) is 0 Å². The van der Waals surface area contributed by atoms with E-state index in [9.17, 15) is 9.59 Å². The van der Waals surface area contributed by atoms with Gasteiger partial charge in [0.05, 0.1) is 5.56 Å². The van der Waals surface area contributed by atoms with Crippen molar-refractivity contribution in [1.29, 1.82) is 0 Å². The predicted molar refractivity (Wildman–Crippen MR) is 87.3 cm³/mol. The SMILES string of the molecule is CC1(C)C=C2C=C(C#COC(=O)c3ccccc3)C=C2C(=O)C1. The van der Waals surface area contributed by atoms with Gasteiger partial charge in [0.2, 0.25) is 0 Å². The minimum absolute atomic E-state index is 0.127. The minimum atomic E-state index is -0.488. The molecule has 2 aliphatic rings. The molecule has 3 rings (SSSR count). The van der Waals surface area contributed by atoms with Crippen molar-refractivity contribution in [3.63, 3.8) is 0 Å². The van der Waals surface area contributed by atoms with Crippen molar-refractivity contribution in [3.8, 4) is 12.0 Å². The van der Waals surface area contributed by atoms with Crippen molar-refractivity contribution < 1.29 is 14.3 Å². The zero-order valence-electron chi connectivity index (χ0n) is 13.1. The average molecular weight is 304 g/mol. The van der Waals surface area contributed by atoms with E-state index >= 15 is 0 Å². The van der Waals surface area contributed by atoms with Crippen LogP contribution in [-0.4, -0.2) is 11.8 Å². The molecule has 3 heteroatoms. The number of ether oxygens (including phenoxy) is 1. The monoisotopic (exact) mass is 304 g/mol. The molecule has 1 aromatic rings. The second kappa shape index (κ2) is 5.73. The lowest BCUT2D eigenvalue weighted by atomic mass is 9.77. The van der Waals surface area contributed by atoms with Crippen LogP contribution in [0.3, 0.4) is 0 Å². The quantitative estimate of drug-likeness (QED) is 0.588. The molecule has 0 unspecified atom stereocenters. The summed E-state index contributed by atoms with van der Waals surface area (Å²) in [5.41, 5.74) is 2.60. The van der Waals surface area contributed by atoms with E-state index in [-0.39, 0.29) is 11.2 Å². The van der Waals surface area contributed by atoms with E-state index in [0.717, 1.165) is 5.57 Å². The molecule has 0 aromatic heterocycles. The Hall–Kier alpha value is -2.86. The van der Waals surface area contributed by atoms with Gasteiger partial charge in [-0.15, -0.1) is 0 Å². The zero-order valence-corrected chi connectivity index (χ0v) is 13.1. The van der Waals surface area contributed by atoms with E-state index in [2.05, 4.69) is 18.1 Å². The van der Waals surface area contributed by atoms with E-state index in [4.69, 9.17) is 4.74 Å². The van der Waals surface area contributed by atoms with Gasteiger partial charge in [-0.1, -0.05) is 38.1 Å². The van der Waals surface area contributed by atoms with Gasteiger partial charge < -0.3 is 4.74 Å². The van der Waals surface area contributed by atoms with Gasteiger partial charge in [0.1, 0.15) is 6.11 Å². The molecule has 0 aliphatic heterocycles. The summed E-state index contributed by atoms with van der Waals surface area (Å²) in [6, 6.07) is 8.69. The second-order valence-corrected chi connectivity index (χ2v) is 6.33. The number of carbonyl (C=O) groups excluding carboxylic acids is 2. The maximum absolute atomic E-state index is 12.1. The molecule has 0 saturated carbocycles. The molecule has 3 nitrogen and oxygen atoms in total. The van der Waals surface area contributed by atoms with Crippen molar-refractivity contribution in [2.75, 3.05) is 0 Å². The fourth-order valence-electron chi connectivity index (χ4n) is 2.70. The molecule has 0 heterocycles. The van der Waals surface area contributed by atoms with Crippen molar-refractivity contribution in [2.45, 2.75) is 20.3 Å². The maximum Gasteiger partial charge on any atom is 0.352 e. The smallest absolute Gasteiger partial charge is 0.352 e. The van der Waals surface area contributed by atoms with Gasteiger partial charge in [-0.2, -0.15) is 0 Å². The highest BCUT2D eigenvalue weighted by molar-refractivity contribution is 6.04. The number of fused-ring (bicyclic) bond motifs is 1. The number of benzene rings is 1. The van der Waals surface area contributed by atoms with Crippen LogP contribution in [0.5, 0.6) is 0 Å². The summed E-state index contributed by atoms with van der Waals surface area (Å²) in [5, 5.41) is 0. The van der Waals surface area contributed by atoms with Gasteiger partial charge in [0, 0.05) is 17.6 Å². The number of Topliss-reactive ketones (excluding diaryl/α,β-unsaturated/α-hetero) is 1. The first-order chi connectivity index (χ1) is 10.9. The summed E-state index contributed by atoms with van der Waals surface area (Å²) in [4.78, 5) is 23.9. The van der Waals surface area contributed by atoms with Crippen LogP contribution in [-0.2, 0) is 9.53 Å². The van der Waals surface area contributed by atoms with Crippen LogP contribution in [0, 0.1) is 17.4 Å². The van der Waals surface area contributed by atoms with Crippen LogP contribution in [0.4, 0.5) is 0 Å². The molecule has 0 saturated heterocycles. The van der Waals surface area contributed by atoms with E-state index in [1.54, 1.807) is 30.3 Å². The third kappa shape index (κ3) is 3.32. The zero-order chi connectivity index (χ0) is 16.4. The average Bonchev–Trinajstić information content (AvgIpc) is 2.89. The Bertz CT molecular complexity index is 825. The summed E-state index contributed by atoms with van der Waals surface area (Å²) in [5.74, 6) is 2.42. The topological polar surface area (TPSA) is 43.4 Å². The first-order valence-electron chi connectivity index (χ1n) is 7.42. The Morgan fingerprint density at radius 3 is 2.65 bits per heavy atom. The molecule has 2 aliphatic carbocycles. The minimum Gasteiger partial charge on any atom is -0.368 e. The molecular weight excluding hydrogens is 288 g/mol. The van der Waals surface area contributed by atoms with Crippen molar-refractivity contribution in [2.24, 2.45) is 5.41 Å². The number of carbonyl (C=O) groups is 2. The standard InChI is InChI=1S/C20H16O3/c1-20(2)12-16-10-14(11-17(16)18(21)13-20)8-9-23-19(22)15-6-4-3-5-7-15/h3-7,10-12H,13H2,1-2H3. The molecule has 1 aromatic carbocycles. The van der Waals surface area contributed by atoms with Gasteiger partial charge in [-0.3, -0.25) is 4.79 Å². The predicted octanol–water partition coefficient (Wildman–Crippen LogP) is 3.60. The number of esters is 1. The Morgan fingerprint density at radius 1 is 1.17 bits per heavy atom. The molecule has 0 amide bonds. The van der Waals surface area contributed by atoms with Gasteiger partial charge in [0.15, 0.2) is 5.78 Å². The highest BCUT2D eigenvalue weighted by Crippen LogP contribution is 2.38. The van der Waals surface area contributed by atoms with Crippen LogP contribution in [0.1, 0.15) is 30.6 Å². The van der Waals surface area contributed by atoms with Gasteiger partial charge >= 0.3 is 5.97 Å². The highest BCUT2D eigenvalue weighted by atomic mass is 16.5. The molecule has 0 atom stereocenters. The third-order valence-electron chi connectivity index (χ3n) is 3.73. The largest absolute Gasteiger partial charge is 0.368 e. The lowest BCUT2D eigenvalue weighted by Gasteiger charge is -2.25. The second-order valence-electron chi connectivity index (χ2n) is 6.33. The van der Waals surface area contributed by atoms with Gasteiger partial charge in [-0.25, -0.2) is 4.79 Å². The summed E-state index contributed by atoms with van der Waals surface area (Å²) in [6.45, 7) is 4.07. The van der Waals surface area contributed by atoms with E-state index in [0.29, 0.717) is 23.1 Å². The third-order valence-corrected chi connectivity index (χ3v) is 3.73. The number of ketones is 1. The molecule has 0 N–H and O–H groups in total. The number of hydrogen-bond donors (Lipinski definition) is 0. The molecule has 0 radical (unpaired) electrons.